The molecule has 2 aromatic heterocycles. The van der Waals surface area contributed by atoms with Crippen molar-refractivity contribution < 1.29 is 9.21 Å². The molecule has 3 aromatic rings. The number of nitrogens with one attached hydrogen (secondary N) is 1. The summed E-state index contributed by atoms with van der Waals surface area (Å²) >= 11 is 1.49. The first-order valence-corrected chi connectivity index (χ1v) is 6.33. The van der Waals surface area contributed by atoms with E-state index in [1.165, 1.54) is 17.7 Å². The highest BCUT2D eigenvalue weighted by Gasteiger charge is 2.24. The molecule has 0 saturated carbocycles. The van der Waals surface area contributed by atoms with Gasteiger partial charge in [-0.15, -0.1) is 0 Å². The molecule has 7 heteroatoms. The number of oxazole rings is 1. The molecule has 3 heterocycles. The molecule has 1 aliphatic rings. The summed E-state index contributed by atoms with van der Waals surface area (Å²) in [6, 6.07) is 3.72. The molecule has 18 heavy (non-hydrogen) atoms. The molecule has 2 amide bonds. The first-order valence-electron chi connectivity index (χ1n) is 5.51. The number of nitrogens with zero attached hydrogens (tertiary/aromatic N) is 3. The van der Waals surface area contributed by atoms with Gasteiger partial charge in [-0.2, -0.15) is 0 Å². The Morgan fingerprint density at radius 1 is 1.39 bits per heavy atom. The fraction of sp³-hybridized carbons (Fsp3) is 0.182. The van der Waals surface area contributed by atoms with Gasteiger partial charge < -0.3 is 9.73 Å². The van der Waals surface area contributed by atoms with Crippen molar-refractivity contribution >= 4 is 43.8 Å². The zero-order valence-electron chi connectivity index (χ0n) is 9.21. The Morgan fingerprint density at radius 3 is 3.17 bits per heavy atom. The second-order valence-corrected chi connectivity index (χ2v) is 5.00. The molecule has 1 N–H and O–H groups in total. The second kappa shape index (κ2) is 3.42. The minimum Gasteiger partial charge on any atom is -0.443 e. The number of benzene rings is 1. The lowest BCUT2D eigenvalue weighted by Crippen LogP contribution is -2.27. The van der Waals surface area contributed by atoms with Crippen LogP contribution >= 0.6 is 11.3 Å². The molecule has 4 rings (SSSR count). The number of urea groups is 1. The van der Waals surface area contributed by atoms with Crippen molar-refractivity contribution in [2.45, 2.75) is 0 Å². The Bertz CT molecular complexity index is 763. The number of hydrogen-bond acceptors (Lipinski definition) is 5. The number of aromatic nitrogens is 2. The molecule has 1 saturated heterocycles. The standard InChI is InChI=1S/C11H8N4O2S/c16-10-12-3-4-15(10)11-14-9-7(18-11)2-1-6-8(9)13-5-17-6/h1-2,5H,3-4H2,(H,12,16). The maximum Gasteiger partial charge on any atom is 0.323 e. The van der Waals surface area contributed by atoms with Crippen LogP contribution in [0.4, 0.5) is 9.93 Å². The maximum absolute atomic E-state index is 11.6. The first-order chi connectivity index (χ1) is 8.83. The number of rotatable bonds is 1. The molecule has 0 atom stereocenters. The van der Waals surface area contributed by atoms with E-state index in [0.29, 0.717) is 23.8 Å². The first kappa shape index (κ1) is 9.84. The largest absolute Gasteiger partial charge is 0.443 e. The van der Waals surface area contributed by atoms with Crippen LogP contribution in [0, 0.1) is 0 Å². The van der Waals surface area contributed by atoms with E-state index in [1.807, 2.05) is 12.1 Å². The molecule has 1 aromatic carbocycles. The molecule has 0 aliphatic carbocycles. The monoisotopic (exact) mass is 260 g/mol. The maximum atomic E-state index is 11.6. The highest BCUT2D eigenvalue weighted by molar-refractivity contribution is 7.22. The van der Waals surface area contributed by atoms with Crippen molar-refractivity contribution in [3.05, 3.63) is 18.5 Å². The van der Waals surface area contributed by atoms with Crippen LogP contribution in [0.5, 0.6) is 0 Å². The number of amides is 2. The summed E-state index contributed by atoms with van der Waals surface area (Å²) in [6.45, 7) is 1.31. The SMILES string of the molecule is O=C1NCCN1c1nc2c(ccc3ocnc32)s1. The van der Waals surface area contributed by atoms with Crippen LogP contribution in [-0.2, 0) is 0 Å². The topological polar surface area (TPSA) is 71.3 Å². The molecule has 0 bridgehead atoms. The summed E-state index contributed by atoms with van der Waals surface area (Å²) in [5, 5.41) is 3.47. The summed E-state index contributed by atoms with van der Waals surface area (Å²) in [5.74, 6) is 0. The molecule has 1 fully saturated rings. The Labute approximate surface area is 105 Å². The number of hydrogen-bond donors (Lipinski definition) is 1. The summed E-state index contributed by atoms with van der Waals surface area (Å²) in [7, 11) is 0. The fourth-order valence-corrected chi connectivity index (χ4v) is 3.07. The van der Waals surface area contributed by atoms with Crippen molar-refractivity contribution in [1.29, 1.82) is 0 Å². The quantitative estimate of drug-likeness (QED) is 0.726. The van der Waals surface area contributed by atoms with Gasteiger partial charge in [-0.25, -0.2) is 14.8 Å². The molecule has 1 aliphatic heterocycles. The minimum atomic E-state index is -0.0922. The second-order valence-electron chi connectivity index (χ2n) is 3.99. The van der Waals surface area contributed by atoms with E-state index in [2.05, 4.69) is 15.3 Å². The number of thiazole rings is 1. The van der Waals surface area contributed by atoms with Crippen LogP contribution in [-0.4, -0.2) is 29.1 Å². The smallest absolute Gasteiger partial charge is 0.323 e. The van der Waals surface area contributed by atoms with E-state index in [1.54, 1.807) is 4.90 Å². The summed E-state index contributed by atoms with van der Waals surface area (Å²) in [5.41, 5.74) is 2.25. The average Bonchev–Trinajstić information content (AvgIpc) is 3.04. The van der Waals surface area contributed by atoms with E-state index in [4.69, 9.17) is 4.42 Å². The van der Waals surface area contributed by atoms with Crippen LogP contribution in [0.15, 0.2) is 22.9 Å². The fourth-order valence-electron chi connectivity index (χ4n) is 2.08. The average molecular weight is 260 g/mol. The van der Waals surface area contributed by atoms with Gasteiger partial charge in [0, 0.05) is 13.1 Å². The minimum absolute atomic E-state index is 0.0922. The predicted molar refractivity (Wildman–Crippen MR) is 67.9 cm³/mol. The molecule has 0 radical (unpaired) electrons. The number of anilines is 1. The van der Waals surface area contributed by atoms with Gasteiger partial charge in [0.05, 0.1) is 4.70 Å². The van der Waals surface area contributed by atoms with E-state index in [-0.39, 0.29) is 6.03 Å². The van der Waals surface area contributed by atoms with Crippen molar-refractivity contribution in [3.8, 4) is 0 Å². The molecule has 6 nitrogen and oxygen atoms in total. The lowest BCUT2D eigenvalue weighted by Gasteiger charge is -2.08. The Morgan fingerprint density at radius 2 is 2.33 bits per heavy atom. The lowest BCUT2D eigenvalue weighted by atomic mass is 10.3. The van der Waals surface area contributed by atoms with Gasteiger partial charge in [0.1, 0.15) is 11.0 Å². The van der Waals surface area contributed by atoms with Gasteiger partial charge in [0.25, 0.3) is 0 Å². The molecule has 0 spiro atoms. The van der Waals surface area contributed by atoms with Gasteiger partial charge in [-0.05, 0) is 12.1 Å². The van der Waals surface area contributed by atoms with Crippen molar-refractivity contribution in [3.63, 3.8) is 0 Å². The van der Waals surface area contributed by atoms with Gasteiger partial charge in [0.2, 0.25) is 0 Å². The highest BCUT2D eigenvalue weighted by Crippen LogP contribution is 2.33. The number of carbonyl (C=O) groups is 1. The van der Waals surface area contributed by atoms with Crippen molar-refractivity contribution in [1.82, 2.24) is 15.3 Å². The van der Waals surface area contributed by atoms with Gasteiger partial charge in [0.15, 0.2) is 17.1 Å². The third kappa shape index (κ3) is 1.25. The van der Waals surface area contributed by atoms with Crippen LogP contribution in [0.25, 0.3) is 21.3 Å². The predicted octanol–water partition coefficient (Wildman–Crippen LogP) is 1.97. The van der Waals surface area contributed by atoms with Crippen LogP contribution in [0.2, 0.25) is 0 Å². The Hall–Kier alpha value is -2.15. The van der Waals surface area contributed by atoms with Gasteiger partial charge >= 0.3 is 6.03 Å². The zero-order valence-corrected chi connectivity index (χ0v) is 10.0. The van der Waals surface area contributed by atoms with Gasteiger partial charge in [-0.3, -0.25) is 4.90 Å². The number of fused-ring (bicyclic) bond motifs is 3. The van der Waals surface area contributed by atoms with E-state index in [9.17, 15) is 4.79 Å². The van der Waals surface area contributed by atoms with E-state index < -0.39 is 0 Å². The summed E-state index contributed by atoms with van der Waals surface area (Å²) < 4.78 is 6.25. The lowest BCUT2D eigenvalue weighted by molar-refractivity contribution is 0.252. The third-order valence-corrected chi connectivity index (χ3v) is 3.98. The van der Waals surface area contributed by atoms with E-state index in [0.717, 1.165) is 15.7 Å². The zero-order chi connectivity index (χ0) is 12.1. The van der Waals surface area contributed by atoms with Gasteiger partial charge in [-0.1, -0.05) is 11.3 Å². The molecule has 90 valence electrons. The Kier molecular flexibility index (Phi) is 1.87. The van der Waals surface area contributed by atoms with Crippen molar-refractivity contribution in [2.24, 2.45) is 0 Å². The number of carbonyl (C=O) groups excluding carboxylic acids is 1. The summed E-state index contributed by atoms with van der Waals surface area (Å²) in [4.78, 5) is 21.9. The van der Waals surface area contributed by atoms with Crippen LogP contribution in [0.1, 0.15) is 0 Å². The highest BCUT2D eigenvalue weighted by atomic mass is 32.1. The molecule has 0 unspecified atom stereocenters. The third-order valence-electron chi connectivity index (χ3n) is 2.94. The normalized spacial score (nSPS) is 15.8. The van der Waals surface area contributed by atoms with Crippen molar-refractivity contribution in [2.75, 3.05) is 18.0 Å². The Balaban J connectivity index is 1.95. The molecular weight excluding hydrogens is 252 g/mol. The molecular formula is C11H8N4O2S. The van der Waals surface area contributed by atoms with Crippen LogP contribution < -0.4 is 10.2 Å². The van der Waals surface area contributed by atoms with Crippen LogP contribution in [0.3, 0.4) is 0 Å². The van der Waals surface area contributed by atoms with E-state index >= 15 is 0 Å². The summed E-state index contributed by atoms with van der Waals surface area (Å²) in [6.07, 6.45) is 1.41.